The Bertz CT molecular complexity index is 1160. The van der Waals surface area contributed by atoms with E-state index in [-0.39, 0.29) is 10.8 Å². The molecule has 0 aliphatic carbocycles. The molecule has 4 aromatic heterocycles. The van der Waals surface area contributed by atoms with Gasteiger partial charge in [0.25, 0.3) is 0 Å². The maximum Gasteiger partial charge on any atom is 0.0494 e. The molecule has 0 aliphatic heterocycles. The van der Waals surface area contributed by atoms with Gasteiger partial charge < -0.3 is 0 Å². The van der Waals surface area contributed by atoms with E-state index in [4.69, 9.17) is 0 Å². The van der Waals surface area contributed by atoms with Crippen LogP contribution in [0.2, 0.25) is 0 Å². The molecular weight excluding hydrogens is 537 g/mol. The first-order valence-corrected chi connectivity index (χ1v) is 18.7. The smallest absolute Gasteiger partial charge is 0.0494 e. The lowest BCUT2D eigenvalue weighted by atomic mass is 9.69. The molecule has 0 amide bonds. The van der Waals surface area contributed by atoms with Gasteiger partial charge in [0.1, 0.15) is 0 Å². The third-order valence-corrected chi connectivity index (χ3v) is 12.2. The van der Waals surface area contributed by atoms with Gasteiger partial charge in [0.05, 0.1) is 0 Å². The monoisotopic (exact) mass is 584 g/mol. The van der Waals surface area contributed by atoms with Crippen LogP contribution in [-0.4, -0.2) is 0 Å². The van der Waals surface area contributed by atoms with Gasteiger partial charge in [0, 0.05) is 20.2 Å². The molecule has 4 heteroatoms. The number of fused-ring (bicyclic) bond motifs is 1. The van der Waals surface area contributed by atoms with E-state index >= 15 is 0 Å². The largest absolute Gasteiger partial charge is 0.152 e. The van der Waals surface area contributed by atoms with E-state index in [0.29, 0.717) is 0 Å². The quantitative estimate of drug-likeness (QED) is 0.102. The van der Waals surface area contributed by atoms with Crippen LogP contribution in [0.4, 0.5) is 0 Å². The lowest BCUT2D eigenvalue weighted by Gasteiger charge is -2.34. The first-order valence-electron chi connectivity index (χ1n) is 15.1. The van der Waals surface area contributed by atoms with Crippen molar-refractivity contribution < 1.29 is 0 Å². The summed E-state index contributed by atoms with van der Waals surface area (Å²) in [6.07, 6.45) is 19.0. The Kier molecular flexibility index (Phi) is 11.6. The van der Waals surface area contributed by atoms with Crippen molar-refractivity contribution >= 4 is 54.7 Å². The first-order chi connectivity index (χ1) is 18.5. The van der Waals surface area contributed by atoms with Crippen molar-refractivity contribution in [2.24, 2.45) is 0 Å². The summed E-state index contributed by atoms with van der Waals surface area (Å²) in [5.74, 6) is 0. The Hall–Kier alpha value is -0.940. The van der Waals surface area contributed by atoms with Crippen molar-refractivity contribution in [1.29, 1.82) is 0 Å². The van der Waals surface area contributed by atoms with Crippen molar-refractivity contribution in [2.75, 3.05) is 0 Å². The molecule has 0 unspecified atom stereocenters. The van der Waals surface area contributed by atoms with Crippen LogP contribution in [0.3, 0.4) is 0 Å². The van der Waals surface area contributed by atoms with E-state index in [2.05, 4.69) is 72.1 Å². The number of rotatable bonds is 18. The molecule has 0 N–H and O–H groups in total. The number of unbranched alkanes of at least 4 members (excludes halogenated alkanes) is 10. The van der Waals surface area contributed by atoms with Gasteiger partial charge in [-0.15, -0.1) is 22.7 Å². The molecule has 0 saturated heterocycles. The summed E-state index contributed by atoms with van der Waals surface area (Å²) in [6.45, 7) is 9.46. The van der Waals surface area contributed by atoms with Crippen LogP contribution in [0.1, 0.15) is 140 Å². The summed E-state index contributed by atoms with van der Waals surface area (Å²) < 4.78 is 3.10. The van der Waals surface area contributed by atoms with Crippen LogP contribution in [0.15, 0.2) is 44.4 Å². The lowest BCUT2D eigenvalue weighted by molar-refractivity contribution is 0.394. The molecule has 0 aromatic carbocycles. The standard InChI is InChI=1S/C34H48S4/c1-5-7-9-11-13-15-19-34(28-18-22-36-24-28,20-16-14-12-10-8-6-2)30-26-38-31-29(25-37-32(30)31)33(3,4)27-17-21-35-23-27/h17-18,21-26H,5-16,19-20H2,1-4H3. The minimum absolute atomic E-state index is 0.0456. The van der Waals surface area contributed by atoms with Crippen molar-refractivity contribution in [1.82, 2.24) is 0 Å². The van der Waals surface area contributed by atoms with Gasteiger partial charge in [-0.2, -0.15) is 22.7 Å². The summed E-state index contributed by atoms with van der Waals surface area (Å²) in [6, 6.07) is 4.77. The third-order valence-electron chi connectivity index (χ3n) is 8.70. The van der Waals surface area contributed by atoms with Gasteiger partial charge in [-0.3, -0.25) is 0 Å². The Morgan fingerprint density at radius 2 is 1.03 bits per heavy atom. The maximum absolute atomic E-state index is 2.57. The molecule has 0 aliphatic rings. The second-order valence-corrected chi connectivity index (χ2v) is 15.0. The molecule has 0 radical (unpaired) electrons. The summed E-state index contributed by atoms with van der Waals surface area (Å²) in [7, 11) is 0. The second-order valence-electron chi connectivity index (χ2n) is 11.7. The van der Waals surface area contributed by atoms with Crippen molar-refractivity contribution in [3.8, 4) is 0 Å². The van der Waals surface area contributed by atoms with Gasteiger partial charge in [0.15, 0.2) is 0 Å². The predicted molar refractivity (Wildman–Crippen MR) is 177 cm³/mol. The number of hydrogen-bond acceptors (Lipinski definition) is 4. The highest BCUT2D eigenvalue weighted by molar-refractivity contribution is 7.26. The van der Waals surface area contributed by atoms with Crippen molar-refractivity contribution in [3.63, 3.8) is 0 Å². The Morgan fingerprint density at radius 3 is 1.55 bits per heavy atom. The lowest BCUT2D eigenvalue weighted by Crippen LogP contribution is -2.27. The van der Waals surface area contributed by atoms with Gasteiger partial charge in [-0.05, 0) is 79.5 Å². The zero-order valence-corrected chi connectivity index (χ0v) is 27.4. The minimum Gasteiger partial charge on any atom is -0.152 e. The molecule has 4 rings (SSSR count). The fraction of sp³-hybridized carbons (Fsp3) is 0.588. The molecule has 38 heavy (non-hydrogen) atoms. The SMILES string of the molecule is CCCCCCCCC(CCCCCCCC)(c1ccsc1)c1csc2c(C(C)(C)c3ccsc3)csc12. The van der Waals surface area contributed by atoms with Crippen molar-refractivity contribution in [3.05, 3.63) is 66.7 Å². The van der Waals surface area contributed by atoms with E-state index in [0.717, 1.165) is 0 Å². The molecule has 0 bridgehead atoms. The van der Waals surface area contributed by atoms with Gasteiger partial charge in [0.2, 0.25) is 0 Å². The number of thiophene rings is 4. The molecular formula is C34H48S4. The van der Waals surface area contributed by atoms with Crippen LogP contribution in [-0.2, 0) is 10.8 Å². The molecule has 0 fully saturated rings. The second kappa shape index (κ2) is 14.6. The topological polar surface area (TPSA) is 0 Å². The van der Waals surface area contributed by atoms with Crippen LogP contribution in [0.5, 0.6) is 0 Å². The normalized spacial score (nSPS) is 12.6. The van der Waals surface area contributed by atoms with E-state index in [1.165, 1.54) is 106 Å². The predicted octanol–water partition coefficient (Wildman–Crippen LogP) is 13.2. The zero-order chi connectivity index (χ0) is 26.8. The fourth-order valence-corrected chi connectivity index (χ4v) is 10.6. The Morgan fingerprint density at radius 1 is 0.553 bits per heavy atom. The molecule has 208 valence electrons. The first kappa shape index (κ1) is 30.0. The molecule has 0 spiro atoms. The van der Waals surface area contributed by atoms with E-state index in [9.17, 15) is 0 Å². The molecule has 0 saturated carbocycles. The highest BCUT2D eigenvalue weighted by atomic mass is 32.1. The molecule has 0 atom stereocenters. The summed E-state index contributed by atoms with van der Waals surface area (Å²) in [5, 5.41) is 14.4. The zero-order valence-electron chi connectivity index (χ0n) is 24.2. The number of hydrogen-bond donors (Lipinski definition) is 0. The van der Waals surface area contributed by atoms with Gasteiger partial charge >= 0.3 is 0 Å². The van der Waals surface area contributed by atoms with Crippen LogP contribution in [0, 0.1) is 0 Å². The Labute approximate surface area is 248 Å². The summed E-state index contributed by atoms with van der Waals surface area (Å²) in [4.78, 5) is 0. The average Bonchev–Trinajstić information content (AvgIpc) is 3.72. The molecule has 4 heterocycles. The van der Waals surface area contributed by atoms with Crippen LogP contribution < -0.4 is 0 Å². The van der Waals surface area contributed by atoms with E-state index < -0.39 is 0 Å². The fourth-order valence-electron chi connectivity index (χ4n) is 6.15. The summed E-state index contributed by atoms with van der Waals surface area (Å²) in [5.41, 5.74) is 6.38. The summed E-state index contributed by atoms with van der Waals surface area (Å²) >= 11 is 7.73. The van der Waals surface area contributed by atoms with Crippen LogP contribution in [0.25, 0.3) is 9.40 Å². The highest BCUT2D eigenvalue weighted by Crippen LogP contribution is 2.51. The van der Waals surface area contributed by atoms with Crippen LogP contribution >= 0.6 is 45.3 Å². The van der Waals surface area contributed by atoms with Gasteiger partial charge in [-0.1, -0.05) is 105 Å². The molecule has 4 aromatic rings. The van der Waals surface area contributed by atoms with Gasteiger partial charge in [-0.25, -0.2) is 0 Å². The maximum atomic E-state index is 2.57. The Balaban J connectivity index is 1.67. The average molecular weight is 585 g/mol. The minimum atomic E-state index is 0.0456. The van der Waals surface area contributed by atoms with Crippen molar-refractivity contribution in [2.45, 2.75) is 128 Å². The van der Waals surface area contributed by atoms with E-state index in [1.807, 2.05) is 45.3 Å². The molecule has 0 nitrogen and oxygen atoms in total. The van der Waals surface area contributed by atoms with E-state index in [1.54, 1.807) is 15.8 Å². The highest BCUT2D eigenvalue weighted by Gasteiger charge is 2.38. The third kappa shape index (κ3) is 6.85.